The van der Waals surface area contributed by atoms with E-state index in [1.54, 1.807) is 18.4 Å². The van der Waals surface area contributed by atoms with Crippen molar-refractivity contribution in [2.45, 2.75) is 32.7 Å². The third-order valence-electron chi connectivity index (χ3n) is 5.69. The van der Waals surface area contributed by atoms with E-state index in [-0.39, 0.29) is 0 Å². The summed E-state index contributed by atoms with van der Waals surface area (Å²) in [6, 6.07) is 8.62. The van der Waals surface area contributed by atoms with Crippen LogP contribution in [0.5, 0.6) is 0 Å². The lowest BCUT2D eigenvalue weighted by atomic mass is 10.1. The number of nitrogens with zero attached hydrogens (tertiary/aromatic N) is 4. The molecule has 2 aromatic heterocycles. The smallest absolute Gasteiger partial charge is 0.227 e. The lowest BCUT2D eigenvalue weighted by molar-refractivity contribution is 0.153. The van der Waals surface area contributed by atoms with Crippen LogP contribution in [-0.2, 0) is 4.74 Å². The Labute approximate surface area is 176 Å². The van der Waals surface area contributed by atoms with Gasteiger partial charge in [-0.3, -0.25) is 0 Å². The Bertz CT molecular complexity index is 969. The fourth-order valence-corrected chi connectivity index (χ4v) is 5.29. The van der Waals surface area contributed by atoms with E-state index in [0.717, 1.165) is 40.6 Å². The van der Waals surface area contributed by atoms with Gasteiger partial charge < -0.3 is 15.0 Å². The third kappa shape index (κ3) is 4.07. The van der Waals surface area contributed by atoms with Gasteiger partial charge in [-0.2, -0.15) is 4.98 Å². The number of hydrogen-bond acceptors (Lipinski definition) is 7. The molecule has 154 valence electrons. The maximum Gasteiger partial charge on any atom is 0.227 e. The van der Waals surface area contributed by atoms with E-state index >= 15 is 0 Å². The second-order valence-electron chi connectivity index (χ2n) is 8.23. The van der Waals surface area contributed by atoms with E-state index in [9.17, 15) is 0 Å². The van der Waals surface area contributed by atoms with E-state index in [2.05, 4.69) is 30.4 Å². The fraction of sp³-hybridized carbons (Fsp3) is 0.500. The van der Waals surface area contributed by atoms with Crippen LogP contribution in [0.3, 0.4) is 0 Å². The molecular formula is C22H29N5OS. The van der Waals surface area contributed by atoms with Gasteiger partial charge in [0, 0.05) is 33.9 Å². The molecule has 7 heteroatoms. The molecule has 29 heavy (non-hydrogen) atoms. The molecule has 6 nitrogen and oxygen atoms in total. The van der Waals surface area contributed by atoms with Gasteiger partial charge in [-0.05, 0) is 43.7 Å². The van der Waals surface area contributed by atoms with Gasteiger partial charge in [0.15, 0.2) is 0 Å². The molecule has 1 N–H and O–H groups in total. The normalized spacial score (nSPS) is 21.6. The molecule has 1 aliphatic carbocycles. The highest BCUT2D eigenvalue weighted by molar-refractivity contribution is 7.21. The predicted molar refractivity (Wildman–Crippen MR) is 121 cm³/mol. The van der Waals surface area contributed by atoms with Gasteiger partial charge in [0.2, 0.25) is 5.95 Å². The second-order valence-corrected chi connectivity index (χ2v) is 9.27. The van der Waals surface area contributed by atoms with Crippen molar-refractivity contribution in [3.05, 3.63) is 30.0 Å². The maximum absolute atomic E-state index is 5.40. The number of fused-ring (bicyclic) bond motifs is 1. The van der Waals surface area contributed by atoms with Gasteiger partial charge in [0.1, 0.15) is 10.8 Å². The molecule has 3 atom stereocenters. The van der Waals surface area contributed by atoms with Crippen molar-refractivity contribution in [3.63, 3.8) is 0 Å². The van der Waals surface area contributed by atoms with Crippen LogP contribution in [0.25, 0.3) is 20.8 Å². The molecule has 2 heterocycles. The molecular weight excluding hydrogens is 382 g/mol. The van der Waals surface area contributed by atoms with Crippen LogP contribution in [-0.4, -0.2) is 48.8 Å². The Kier molecular flexibility index (Phi) is 5.69. The molecule has 1 aliphatic rings. The van der Waals surface area contributed by atoms with Crippen molar-refractivity contribution in [2.24, 2.45) is 11.8 Å². The minimum Gasteiger partial charge on any atom is -0.384 e. The zero-order valence-electron chi connectivity index (χ0n) is 17.8. The van der Waals surface area contributed by atoms with Crippen LogP contribution in [0.4, 0.5) is 11.8 Å². The average Bonchev–Trinajstić information content (AvgIpc) is 3.24. The van der Waals surface area contributed by atoms with E-state index < -0.39 is 0 Å². The predicted octanol–water partition coefficient (Wildman–Crippen LogP) is 4.60. The largest absolute Gasteiger partial charge is 0.384 e. The summed E-state index contributed by atoms with van der Waals surface area (Å²) in [5, 5.41) is 4.73. The Morgan fingerprint density at radius 3 is 2.69 bits per heavy atom. The van der Waals surface area contributed by atoms with E-state index in [4.69, 9.17) is 19.7 Å². The van der Waals surface area contributed by atoms with Gasteiger partial charge >= 0.3 is 0 Å². The quantitative estimate of drug-likeness (QED) is 0.639. The summed E-state index contributed by atoms with van der Waals surface area (Å²) in [6.45, 7) is 5.18. The Hall–Kier alpha value is -2.25. The minimum absolute atomic E-state index is 0.368. The number of rotatable bonds is 6. The summed E-state index contributed by atoms with van der Waals surface area (Å²) >= 11 is 1.70. The monoisotopic (exact) mass is 411 g/mol. The van der Waals surface area contributed by atoms with Crippen molar-refractivity contribution < 1.29 is 4.74 Å². The van der Waals surface area contributed by atoms with Crippen LogP contribution in [0.15, 0.2) is 24.3 Å². The number of benzene rings is 1. The number of methoxy groups -OCH3 is 1. The summed E-state index contributed by atoms with van der Waals surface area (Å²) < 4.78 is 6.58. The summed E-state index contributed by atoms with van der Waals surface area (Å²) in [5.74, 6) is 2.76. The Balaban J connectivity index is 1.74. The van der Waals surface area contributed by atoms with Crippen LogP contribution in [0.1, 0.15) is 25.5 Å². The SMILES string of the molecule is COC[C@@H]1C[C@@H](C)[C@H](Nc2nc(N(C)C)nc(C)c2-c2nc3ccccc3s2)C1. The lowest BCUT2D eigenvalue weighted by Crippen LogP contribution is -2.24. The first-order valence-electron chi connectivity index (χ1n) is 10.1. The second kappa shape index (κ2) is 8.24. The summed E-state index contributed by atoms with van der Waals surface area (Å²) in [7, 11) is 5.74. The van der Waals surface area contributed by atoms with Crippen LogP contribution >= 0.6 is 11.3 Å². The molecule has 3 aromatic rings. The molecule has 0 spiro atoms. The number of aromatic nitrogens is 3. The molecule has 0 unspecified atom stereocenters. The van der Waals surface area contributed by atoms with Crippen molar-refractivity contribution in [1.82, 2.24) is 15.0 Å². The molecule has 0 amide bonds. The molecule has 1 aromatic carbocycles. The van der Waals surface area contributed by atoms with Crippen molar-refractivity contribution >= 4 is 33.3 Å². The number of ether oxygens (including phenoxy) is 1. The number of nitrogens with one attached hydrogen (secondary N) is 1. The number of aryl methyl sites for hydroxylation is 1. The van der Waals surface area contributed by atoms with E-state index in [0.29, 0.717) is 23.8 Å². The molecule has 0 aliphatic heterocycles. The standard InChI is InChI=1S/C22H29N5OS/c1-13-10-15(12-28-5)11-17(13)24-20-19(14(2)23-22(26-20)27(3)4)21-25-16-8-6-7-9-18(16)29-21/h6-9,13,15,17H,10-12H2,1-5H3,(H,23,24,26)/t13-,15-,17-/m1/s1. The molecule has 0 bridgehead atoms. The molecule has 0 radical (unpaired) electrons. The van der Waals surface area contributed by atoms with E-state index in [1.807, 2.05) is 32.0 Å². The van der Waals surface area contributed by atoms with Crippen LogP contribution < -0.4 is 10.2 Å². The highest BCUT2D eigenvalue weighted by atomic mass is 32.1. The van der Waals surface area contributed by atoms with Gasteiger partial charge in [-0.1, -0.05) is 19.1 Å². The Morgan fingerprint density at radius 1 is 1.17 bits per heavy atom. The van der Waals surface area contributed by atoms with E-state index in [1.165, 1.54) is 11.1 Å². The highest BCUT2D eigenvalue weighted by Gasteiger charge is 2.32. The van der Waals surface area contributed by atoms with Crippen molar-refractivity contribution in [3.8, 4) is 10.6 Å². The first kappa shape index (κ1) is 20.0. The molecule has 0 saturated heterocycles. The molecule has 4 rings (SSSR count). The number of anilines is 2. The zero-order valence-corrected chi connectivity index (χ0v) is 18.6. The fourth-order valence-electron chi connectivity index (χ4n) is 4.22. The molecule has 1 saturated carbocycles. The van der Waals surface area contributed by atoms with Crippen molar-refractivity contribution in [2.75, 3.05) is 38.0 Å². The van der Waals surface area contributed by atoms with Gasteiger partial charge in [-0.25, -0.2) is 9.97 Å². The first-order chi connectivity index (χ1) is 14.0. The van der Waals surface area contributed by atoms with Gasteiger partial charge in [0.25, 0.3) is 0 Å². The molecule has 1 fully saturated rings. The third-order valence-corrected chi connectivity index (χ3v) is 6.74. The topological polar surface area (TPSA) is 63.2 Å². The average molecular weight is 412 g/mol. The Morgan fingerprint density at radius 2 is 1.97 bits per heavy atom. The lowest BCUT2D eigenvalue weighted by Gasteiger charge is -2.22. The van der Waals surface area contributed by atoms with Gasteiger partial charge in [-0.15, -0.1) is 11.3 Å². The number of thiazole rings is 1. The maximum atomic E-state index is 5.40. The zero-order chi connectivity index (χ0) is 20.5. The van der Waals surface area contributed by atoms with Crippen LogP contribution in [0.2, 0.25) is 0 Å². The summed E-state index contributed by atoms with van der Waals surface area (Å²) in [4.78, 5) is 16.5. The summed E-state index contributed by atoms with van der Waals surface area (Å²) in [5.41, 5.74) is 2.98. The minimum atomic E-state index is 0.368. The van der Waals surface area contributed by atoms with Crippen molar-refractivity contribution in [1.29, 1.82) is 0 Å². The highest BCUT2D eigenvalue weighted by Crippen LogP contribution is 2.39. The number of para-hydroxylation sites is 1. The first-order valence-corrected chi connectivity index (χ1v) is 10.9. The number of hydrogen-bond donors (Lipinski definition) is 1. The van der Waals surface area contributed by atoms with Crippen LogP contribution in [0, 0.1) is 18.8 Å². The summed E-state index contributed by atoms with van der Waals surface area (Å²) in [6.07, 6.45) is 2.27. The van der Waals surface area contributed by atoms with Gasteiger partial charge in [0.05, 0.1) is 21.5 Å².